The summed E-state index contributed by atoms with van der Waals surface area (Å²) in [4.78, 5) is 4.62. The fourth-order valence-electron chi connectivity index (χ4n) is 12.9. The molecular formula is C70H49N3. The van der Waals surface area contributed by atoms with E-state index in [1.54, 1.807) is 0 Å². The largest absolute Gasteiger partial charge is 0.309 e. The van der Waals surface area contributed by atoms with Gasteiger partial charge in [0, 0.05) is 50.1 Å². The summed E-state index contributed by atoms with van der Waals surface area (Å²) in [6.07, 6.45) is 6.70. The molecule has 0 radical (unpaired) electrons. The average Bonchev–Trinajstić information content (AvgIpc) is 4.24. The number of benzene rings is 10. The Bertz CT molecular complexity index is 4080. The second-order valence-corrected chi connectivity index (χ2v) is 20.2. The predicted octanol–water partition coefficient (Wildman–Crippen LogP) is 18.5. The lowest BCUT2D eigenvalue weighted by molar-refractivity contribution is 0.550. The normalized spacial score (nSPS) is 13.6. The van der Waals surface area contributed by atoms with Gasteiger partial charge in [0.15, 0.2) is 0 Å². The third-order valence-corrected chi connectivity index (χ3v) is 16.3. The van der Waals surface area contributed by atoms with Crippen LogP contribution in [0.15, 0.2) is 249 Å². The van der Waals surface area contributed by atoms with Gasteiger partial charge in [-0.25, -0.2) is 0 Å². The molecule has 1 spiro atoms. The van der Waals surface area contributed by atoms with Crippen LogP contribution in [0.3, 0.4) is 0 Å². The summed E-state index contributed by atoms with van der Waals surface area (Å²) in [6, 6.07) is 90.2. The number of rotatable bonds is 7. The Hall–Kier alpha value is -9.05. The monoisotopic (exact) mass is 931 g/mol. The van der Waals surface area contributed by atoms with Gasteiger partial charge in [0.2, 0.25) is 0 Å². The highest BCUT2D eigenvalue weighted by Gasteiger charge is 2.45. The van der Waals surface area contributed by atoms with Gasteiger partial charge >= 0.3 is 0 Å². The molecule has 0 N–H and O–H groups in total. The minimum atomic E-state index is 0.0156. The maximum absolute atomic E-state index is 4.62. The van der Waals surface area contributed by atoms with Crippen molar-refractivity contribution in [3.8, 4) is 78.3 Å². The van der Waals surface area contributed by atoms with E-state index < -0.39 is 0 Å². The summed E-state index contributed by atoms with van der Waals surface area (Å²) >= 11 is 0. The highest BCUT2D eigenvalue weighted by molar-refractivity contribution is 6.11. The lowest BCUT2D eigenvalue weighted by Gasteiger charge is -2.27. The van der Waals surface area contributed by atoms with Crippen LogP contribution in [-0.2, 0) is 5.41 Å². The van der Waals surface area contributed by atoms with Crippen LogP contribution in [0.1, 0.15) is 36.8 Å². The molecule has 3 aromatic heterocycles. The van der Waals surface area contributed by atoms with Crippen LogP contribution in [0.25, 0.3) is 122 Å². The summed E-state index contributed by atoms with van der Waals surface area (Å²) in [6.45, 7) is 0. The number of pyridine rings is 1. The van der Waals surface area contributed by atoms with Crippen molar-refractivity contribution < 1.29 is 0 Å². The topological polar surface area (TPSA) is 22.8 Å². The Morgan fingerprint density at radius 3 is 1.18 bits per heavy atom. The van der Waals surface area contributed by atoms with E-state index in [1.165, 1.54) is 136 Å². The van der Waals surface area contributed by atoms with Gasteiger partial charge in [-0.15, -0.1) is 0 Å². The molecule has 0 atom stereocenters. The molecule has 73 heavy (non-hydrogen) atoms. The van der Waals surface area contributed by atoms with Crippen molar-refractivity contribution in [3.05, 3.63) is 260 Å². The zero-order valence-corrected chi connectivity index (χ0v) is 40.3. The summed E-state index contributed by atoms with van der Waals surface area (Å²) in [7, 11) is 0. The number of hydrogen-bond donors (Lipinski definition) is 0. The van der Waals surface area contributed by atoms with Crippen molar-refractivity contribution in [2.24, 2.45) is 0 Å². The van der Waals surface area contributed by atoms with Gasteiger partial charge in [0.05, 0.1) is 27.8 Å². The summed E-state index contributed by atoms with van der Waals surface area (Å²) in [5.41, 5.74) is 24.8. The van der Waals surface area contributed by atoms with E-state index in [4.69, 9.17) is 0 Å². The van der Waals surface area contributed by atoms with Gasteiger partial charge < -0.3 is 9.13 Å². The Balaban J connectivity index is 0.806. The summed E-state index contributed by atoms with van der Waals surface area (Å²) in [5.74, 6) is 0. The van der Waals surface area contributed by atoms with E-state index in [0.717, 1.165) is 22.6 Å². The van der Waals surface area contributed by atoms with Crippen molar-refractivity contribution >= 4 is 43.6 Å². The second-order valence-electron chi connectivity index (χ2n) is 20.2. The van der Waals surface area contributed by atoms with Gasteiger partial charge in [0.1, 0.15) is 0 Å². The molecule has 3 nitrogen and oxygen atoms in total. The predicted molar refractivity (Wildman–Crippen MR) is 305 cm³/mol. The van der Waals surface area contributed by atoms with Crippen LogP contribution >= 0.6 is 0 Å². The number of para-hydroxylation sites is 4. The molecule has 10 aromatic carbocycles. The molecule has 3 heterocycles. The summed E-state index contributed by atoms with van der Waals surface area (Å²) < 4.78 is 4.90. The first-order chi connectivity index (χ1) is 36.1. The van der Waals surface area contributed by atoms with Crippen molar-refractivity contribution in [2.75, 3.05) is 0 Å². The zero-order valence-electron chi connectivity index (χ0n) is 40.3. The van der Waals surface area contributed by atoms with E-state index in [-0.39, 0.29) is 5.41 Å². The third-order valence-electron chi connectivity index (χ3n) is 16.3. The van der Waals surface area contributed by atoms with Gasteiger partial charge in [0.25, 0.3) is 0 Å². The lowest BCUT2D eigenvalue weighted by Crippen LogP contribution is -2.20. The number of nitrogens with zero attached hydrogens (tertiary/aromatic N) is 3. The standard InChI is InChI=1S/C70H49N3/c1-5-24-66-59(19-1)60-20-2-6-25-67(60)72(66)55-41-54(42-56(45-55)73-68-26-7-3-21-61(68)62-22-4-8-27-69(62)73)47-30-28-46(29-31-47)51-32-34-57-58-35-33-52(44-64(58)70(63(57)43-51)36-10-11-37-70)49-16-13-15-48(39-49)50-17-14-18-53(40-50)65-23-9-12-38-71-65/h1-9,12-35,38-45H,10-11,36-37H2. The van der Waals surface area contributed by atoms with Crippen molar-refractivity contribution in [1.82, 2.24) is 14.1 Å². The molecule has 15 rings (SSSR count). The fraction of sp³-hybridized carbons (Fsp3) is 0.0714. The molecule has 0 saturated heterocycles. The quantitative estimate of drug-likeness (QED) is 0.156. The lowest BCUT2D eigenvalue weighted by atomic mass is 9.75. The van der Waals surface area contributed by atoms with Crippen molar-refractivity contribution in [1.29, 1.82) is 0 Å². The van der Waals surface area contributed by atoms with Gasteiger partial charge in [-0.2, -0.15) is 0 Å². The molecule has 13 aromatic rings. The first kappa shape index (κ1) is 41.7. The molecule has 2 aliphatic rings. The van der Waals surface area contributed by atoms with Crippen LogP contribution < -0.4 is 0 Å². The smallest absolute Gasteiger partial charge is 0.0702 e. The Morgan fingerprint density at radius 1 is 0.301 bits per heavy atom. The molecule has 1 fully saturated rings. The van der Waals surface area contributed by atoms with Gasteiger partial charge in [-0.3, -0.25) is 4.98 Å². The van der Waals surface area contributed by atoms with Crippen LogP contribution in [0.2, 0.25) is 0 Å². The molecule has 344 valence electrons. The molecule has 0 aliphatic heterocycles. The van der Waals surface area contributed by atoms with Gasteiger partial charge in [-0.05, 0) is 158 Å². The number of hydrogen-bond acceptors (Lipinski definition) is 1. The second kappa shape index (κ2) is 16.5. The van der Waals surface area contributed by atoms with Crippen molar-refractivity contribution in [2.45, 2.75) is 31.1 Å². The molecule has 3 heteroatoms. The molecule has 2 aliphatic carbocycles. The zero-order chi connectivity index (χ0) is 48.0. The maximum atomic E-state index is 4.62. The van der Waals surface area contributed by atoms with E-state index in [0.29, 0.717) is 0 Å². The van der Waals surface area contributed by atoms with E-state index in [9.17, 15) is 0 Å². The summed E-state index contributed by atoms with van der Waals surface area (Å²) in [5, 5.41) is 5.03. The van der Waals surface area contributed by atoms with Crippen LogP contribution in [-0.4, -0.2) is 14.1 Å². The number of fused-ring (bicyclic) bond motifs is 11. The number of aromatic nitrogens is 3. The molecule has 0 unspecified atom stereocenters. The minimum Gasteiger partial charge on any atom is -0.309 e. The molecule has 0 bridgehead atoms. The molecular weight excluding hydrogens is 883 g/mol. The average molecular weight is 932 g/mol. The van der Waals surface area contributed by atoms with Crippen molar-refractivity contribution in [3.63, 3.8) is 0 Å². The van der Waals surface area contributed by atoms with Crippen LogP contribution in [0, 0.1) is 0 Å². The van der Waals surface area contributed by atoms with Crippen LogP contribution in [0.5, 0.6) is 0 Å². The molecule has 1 saturated carbocycles. The van der Waals surface area contributed by atoms with Crippen LogP contribution in [0.4, 0.5) is 0 Å². The fourth-order valence-corrected chi connectivity index (χ4v) is 12.9. The Labute approximate surface area is 424 Å². The van der Waals surface area contributed by atoms with E-state index >= 15 is 0 Å². The van der Waals surface area contributed by atoms with E-state index in [1.807, 2.05) is 18.3 Å². The van der Waals surface area contributed by atoms with Gasteiger partial charge in [-0.1, -0.05) is 177 Å². The Morgan fingerprint density at radius 2 is 0.699 bits per heavy atom. The van der Waals surface area contributed by atoms with E-state index in [2.05, 4.69) is 245 Å². The highest BCUT2D eigenvalue weighted by atomic mass is 15.0. The highest BCUT2D eigenvalue weighted by Crippen LogP contribution is 2.58. The Kier molecular flexibility index (Phi) is 9.44. The molecule has 0 amide bonds. The minimum absolute atomic E-state index is 0.0156. The SMILES string of the molecule is c1ccc(-c2cccc(-c3cccc(-c4ccc5c(c4)C4(CCCC4)c4cc(-c6ccc(-c7cc(-n8c9ccccc9c9ccccc98)cc(-n8c9ccccc9c9ccccc98)c7)cc6)ccc4-5)c3)c2)nc1. The maximum Gasteiger partial charge on any atom is 0.0702 e. The first-order valence-corrected chi connectivity index (χ1v) is 25.8. The first-order valence-electron chi connectivity index (χ1n) is 25.8. The third kappa shape index (κ3) is 6.62.